The summed E-state index contributed by atoms with van der Waals surface area (Å²) in [5.41, 5.74) is 12.5. The van der Waals surface area contributed by atoms with E-state index in [1.807, 2.05) is 0 Å². The number of aromatic nitrogens is 5. The first-order chi connectivity index (χ1) is 31.3. The van der Waals surface area contributed by atoms with Gasteiger partial charge in [-0.2, -0.15) is 0 Å². The van der Waals surface area contributed by atoms with Gasteiger partial charge in [0.25, 0.3) is 0 Å². The zero-order valence-corrected chi connectivity index (χ0v) is 33.9. The Morgan fingerprint density at radius 2 is 0.889 bits per heavy atom. The Morgan fingerprint density at radius 1 is 0.302 bits per heavy atom. The second-order valence-corrected chi connectivity index (χ2v) is 16.5. The van der Waals surface area contributed by atoms with Gasteiger partial charge in [-0.15, -0.1) is 0 Å². The molecule has 4 aromatic heterocycles. The lowest BCUT2D eigenvalue weighted by Crippen LogP contribution is -2.04. The molecule has 292 valence electrons. The van der Waals surface area contributed by atoms with Gasteiger partial charge in [-0.1, -0.05) is 152 Å². The van der Waals surface area contributed by atoms with Crippen LogP contribution in [-0.4, -0.2) is 23.7 Å². The Morgan fingerprint density at radius 3 is 1.71 bits per heavy atom. The molecule has 5 heteroatoms. The van der Waals surface area contributed by atoms with Crippen LogP contribution in [0.25, 0.3) is 126 Å². The summed E-state index contributed by atoms with van der Waals surface area (Å²) in [6, 6.07) is 76.5. The highest BCUT2D eigenvalue weighted by Crippen LogP contribution is 2.44. The first kappa shape index (κ1) is 34.2. The summed E-state index contributed by atoms with van der Waals surface area (Å²) >= 11 is 0. The minimum atomic E-state index is 0.790. The predicted molar refractivity (Wildman–Crippen MR) is 263 cm³/mol. The molecule has 0 radical (unpaired) electrons. The van der Waals surface area contributed by atoms with E-state index < -0.39 is 0 Å². The molecule has 0 atom stereocenters. The second kappa shape index (κ2) is 13.0. The minimum Gasteiger partial charge on any atom is -0.309 e. The molecular formula is C58H35N5. The highest BCUT2D eigenvalue weighted by atomic mass is 15.1. The van der Waals surface area contributed by atoms with E-state index in [4.69, 9.17) is 9.97 Å². The lowest BCUT2D eigenvalue weighted by molar-refractivity contribution is 1.08. The molecule has 63 heavy (non-hydrogen) atoms. The first-order valence-corrected chi connectivity index (χ1v) is 21.5. The molecule has 14 rings (SSSR count). The molecule has 0 aliphatic carbocycles. The van der Waals surface area contributed by atoms with Gasteiger partial charge < -0.3 is 9.13 Å². The molecule has 0 aliphatic rings. The summed E-state index contributed by atoms with van der Waals surface area (Å²) in [5.74, 6) is 0.790. The number of para-hydroxylation sites is 5. The molecule has 0 aliphatic heterocycles. The molecule has 0 saturated heterocycles. The van der Waals surface area contributed by atoms with Crippen molar-refractivity contribution in [2.24, 2.45) is 0 Å². The molecule has 0 fully saturated rings. The van der Waals surface area contributed by atoms with Crippen molar-refractivity contribution in [1.29, 1.82) is 0 Å². The maximum Gasteiger partial charge on any atom is 0.165 e. The van der Waals surface area contributed by atoms with Crippen LogP contribution in [0.5, 0.6) is 0 Å². The van der Waals surface area contributed by atoms with Crippen molar-refractivity contribution < 1.29 is 0 Å². The van der Waals surface area contributed by atoms with Gasteiger partial charge in [0.05, 0.1) is 44.1 Å². The molecule has 0 amide bonds. The Hall–Kier alpha value is -8.54. The maximum atomic E-state index is 5.65. The second-order valence-electron chi connectivity index (χ2n) is 16.5. The van der Waals surface area contributed by atoms with Gasteiger partial charge in [0.15, 0.2) is 5.82 Å². The van der Waals surface area contributed by atoms with E-state index >= 15 is 0 Å². The van der Waals surface area contributed by atoms with Crippen LogP contribution in [0.3, 0.4) is 0 Å². The van der Waals surface area contributed by atoms with Crippen molar-refractivity contribution in [3.63, 3.8) is 0 Å². The summed E-state index contributed by atoms with van der Waals surface area (Å²) in [5, 5.41) is 12.0. The van der Waals surface area contributed by atoms with Gasteiger partial charge in [-0.3, -0.25) is 4.57 Å². The van der Waals surface area contributed by atoms with Crippen molar-refractivity contribution in [2.45, 2.75) is 0 Å². The van der Waals surface area contributed by atoms with Crippen LogP contribution >= 0.6 is 0 Å². The van der Waals surface area contributed by atoms with Gasteiger partial charge in [0.1, 0.15) is 5.69 Å². The van der Waals surface area contributed by atoms with E-state index in [2.05, 4.69) is 226 Å². The molecule has 0 bridgehead atoms. The Bertz CT molecular complexity index is 4210. The first-order valence-electron chi connectivity index (χ1n) is 21.5. The Kier molecular flexibility index (Phi) is 7.05. The molecule has 4 heterocycles. The Labute approximate surface area is 360 Å². The van der Waals surface area contributed by atoms with E-state index in [-0.39, 0.29) is 0 Å². The van der Waals surface area contributed by atoms with E-state index in [1.54, 1.807) is 0 Å². The van der Waals surface area contributed by atoms with Crippen LogP contribution in [0.15, 0.2) is 212 Å². The largest absolute Gasteiger partial charge is 0.309 e. The van der Waals surface area contributed by atoms with Crippen LogP contribution in [0, 0.1) is 0 Å². The lowest BCUT2D eigenvalue weighted by Gasteiger charge is -2.16. The number of benzene rings is 10. The Balaban J connectivity index is 1.14. The van der Waals surface area contributed by atoms with Crippen LogP contribution in [0.1, 0.15) is 0 Å². The third-order valence-electron chi connectivity index (χ3n) is 13.2. The van der Waals surface area contributed by atoms with Crippen LogP contribution in [0.2, 0.25) is 0 Å². The van der Waals surface area contributed by atoms with E-state index in [1.165, 1.54) is 54.1 Å². The minimum absolute atomic E-state index is 0.790. The highest BCUT2D eigenvalue weighted by molar-refractivity contribution is 6.23. The van der Waals surface area contributed by atoms with E-state index in [0.717, 1.165) is 72.3 Å². The standard InChI is InChI=1S/C58H35N5/c1-2-17-38(18-3-1)61-50-27-13-9-22-44(50)55-46(23-14-28-51(55)61)56-58(60-48-25-11-10-24-47(48)59-56)63-52-34-30-36-15-4-6-19-40(36)54(52)45-33-31-39(35-53(45)63)62-49-26-12-8-21-42(49)43-32-29-37-16-5-7-20-41(37)57(43)62/h1-35H. The molecule has 0 N–H and O–H groups in total. The average Bonchev–Trinajstić information content (AvgIpc) is 4.00. The monoisotopic (exact) mass is 801 g/mol. The van der Waals surface area contributed by atoms with Gasteiger partial charge in [-0.05, 0) is 76.8 Å². The van der Waals surface area contributed by atoms with Crippen molar-refractivity contribution in [3.05, 3.63) is 212 Å². The highest BCUT2D eigenvalue weighted by Gasteiger charge is 2.25. The fraction of sp³-hybridized carbons (Fsp3) is 0. The molecule has 5 nitrogen and oxygen atoms in total. The summed E-state index contributed by atoms with van der Waals surface area (Å²) < 4.78 is 7.21. The van der Waals surface area contributed by atoms with Gasteiger partial charge >= 0.3 is 0 Å². The van der Waals surface area contributed by atoms with E-state index in [0.29, 0.717) is 0 Å². The zero-order valence-electron chi connectivity index (χ0n) is 33.9. The van der Waals surface area contributed by atoms with Gasteiger partial charge in [0.2, 0.25) is 0 Å². The maximum absolute atomic E-state index is 5.65. The van der Waals surface area contributed by atoms with Gasteiger partial charge in [-0.25, -0.2) is 9.97 Å². The van der Waals surface area contributed by atoms with Crippen molar-refractivity contribution >= 4 is 98.0 Å². The van der Waals surface area contributed by atoms with Crippen LogP contribution in [0.4, 0.5) is 0 Å². The number of hydrogen-bond acceptors (Lipinski definition) is 2. The van der Waals surface area contributed by atoms with Crippen molar-refractivity contribution in [3.8, 4) is 28.5 Å². The van der Waals surface area contributed by atoms with Crippen molar-refractivity contribution in [2.75, 3.05) is 0 Å². The number of rotatable bonds is 4. The fourth-order valence-corrected chi connectivity index (χ4v) is 10.5. The molecule has 0 saturated carbocycles. The van der Waals surface area contributed by atoms with Crippen LogP contribution < -0.4 is 0 Å². The predicted octanol–water partition coefficient (Wildman–Crippen LogP) is 14.9. The molecule has 14 aromatic rings. The van der Waals surface area contributed by atoms with Crippen molar-refractivity contribution in [1.82, 2.24) is 23.7 Å². The smallest absolute Gasteiger partial charge is 0.165 e. The fourth-order valence-electron chi connectivity index (χ4n) is 10.5. The lowest BCUT2D eigenvalue weighted by atomic mass is 10.0. The summed E-state index contributed by atoms with van der Waals surface area (Å²) in [7, 11) is 0. The molecule has 10 aromatic carbocycles. The summed E-state index contributed by atoms with van der Waals surface area (Å²) in [6.45, 7) is 0. The average molecular weight is 802 g/mol. The normalized spacial score (nSPS) is 12.1. The quantitative estimate of drug-likeness (QED) is 0.178. The summed E-state index contributed by atoms with van der Waals surface area (Å²) in [4.78, 5) is 11.3. The third kappa shape index (κ3) is 4.82. The topological polar surface area (TPSA) is 40.6 Å². The van der Waals surface area contributed by atoms with E-state index in [9.17, 15) is 0 Å². The zero-order chi connectivity index (χ0) is 41.2. The number of fused-ring (bicyclic) bond motifs is 14. The number of nitrogens with zero attached hydrogens (tertiary/aromatic N) is 5. The molecule has 0 unspecified atom stereocenters. The third-order valence-corrected chi connectivity index (χ3v) is 13.2. The van der Waals surface area contributed by atoms with Gasteiger partial charge in [0, 0.05) is 54.6 Å². The SMILES string of the molecule is c1ccc(-n2c3ccccc3c3c(-c4nc5ccccc5nc4-n4c5cc(-n6c7ccccc7c7ccc8ccccc8c76)ccc5c5c6ccccc6ccc54)cccc32)cc1. The molecule has 0 spiro atoms. The van der Waals surface area contributed by atoms with Crippen LogP contribution in [-0.2, 0) is 0 Å². The summed E-state index contributed by atoms with van der Waals surface area (Å²) in [6.07, 6.45) is 0. The molecular weight excluding hydrogens is 767 g/mol. The number of hydrogen-bond donors (Lipinski definition) is 0.